The fourth-order valence-electron chi connectivity index (χ4n) is 5.06. The summed E-state index contributed by atoms with van der Waals surface area (Å²) in [4.78, 5) is 42.7. The van der Waals surface area contributed by atoms with E-state index in [-0.39, 0.29) is 24.3 Å². The van der Waals surface area contributed by atoms with Crippen molar-refractivity contribution in [1.29, 1.82) is 0 Å². The van der Waals surface area contributed by atoms with Gasteiger partial charge in [0.25, 0.3) is 5.91 Å². The number of nitrogens with zero attached hydrogens (tertiary/aromatic N) is 2. The zero-order valence-electron chi connectivity index (χ0n) is 17.7. The van der Waals surface area contributed by atoms with E-state index in [1.54, 1.807) is 6.92 Å². The molecule has 3 aliphatic rings. The van der Waals surface area contributed by atoms with Crippen LogP contribution in [0.4, 0.5) is 0 Å². The van der Waals surface area contributed by atoms with Crippen LogP contribution >= 0.6 is 0 Å². The van der Waals surface area contributed by atoms with Crippen molar-refractivity contribution in [3.8, 4) is 0 Å². The smallest absolute Gasteiger partial charge is 0.314 e. The fraction of sp³-hybridized carbons (Fsp3) is 0.609. The van der Waals surface area contributed by atoms with Gasteiger partial charge in [0, 0.05) is 32.7 Å². The lowest BCUT2D eigenvalue weighted by Crippen LogP contribution is -2.58. The molecule has 1 saturated carbocycles. The van der Waals surface area contributed by atoms with Crippen LogP contribution < -0.4 is 0 Å². The number of likely N-dealkylation sites (tertiary alicyclic amines) is 2. The Morgan fingerprint density at radius 2 is 1.80 bits per heavy atom. The Balaban J connectivity index is 1.65. The van der Waals surface area contributed by atoms with Gasteiger partial charge in [0.05, 0.1) is 12.1 Å². The van der Waals surface area contributed by atoms with Crippen molar-refractivity contribution in [3.63, 3.8) is 0 Å². The van der Waals surface area contributed by atoms with Crippen molar-refractivity contribution in [3.05, 3.63) is 35.9 Å². The molecule has 1 aromatic rings. The zero-order valence-corrected chi connectivity index (χ0v) is 17.7. The Hall–Kier alpha value is -2.41. The molecule has 162 valence electrons. The first-order valence-corrected chi connectivity index (χ1v) is 10.9. The molecule has 2 saturated heterocycles. The summed E-state index contributed by atoms with van der Waals surface area (Å²) in [5.74, 6) is -0.898. The molecule has 30 heavy (non-hydrogen) atoms. The summed E-state index contributed by atoms with van der Waals surface area (Å²) < 4.78 is 10.9. The molecule has 2 amide bonds. The lowest BCUT2D eigenvalue weighted by Gasteiger charge is -2.47. The summed E-state index contributed by atoms with van der Waals surface area (Å²) in [7, 11) is 1.47. The molecule has 1 spiro atoms. The maximum absolute atomic E-state index is 13.4. The lowest BCUT2D eigenvalue weighted by molar-refractivity contribution is -0.157. The molecule has 0 bridgehead atoms. The number of carbonyl (C=O) groups excluding carboxylic acids is 3. The van der Waals surface area contributed by atoms with Gasteiger partial charge in [-0.1, -0.05) is 30.3 Å². The number of piperidine rings is 1. The van der Waals surface area contributed by atoms with E-state index in [1.807, 2.05) is 40.1 Å². The molecule has 0 aromatic heterocycles. The lowest BCUT2D eigenvalue weighted by atomic mass is 9.75. The second kappa shape index (κ2) is 8.38. The number of benzene rings is 1. The van der Waals surface area contributed by atoms with Gasteiger partial charge < -0.3 is 19.3 Å². The average molecular weight is 415 g/mol. The van der Waals surface area contributed by atoms with Crippen LogP contribution in [0.2, 0.25) is 0 Å². The van der Waals surface area contributed by atoms with Crippen LogP contribution in [0.5, 0.6) is 0 Å². The number of esters is 1. The number of ether oxygens (including phenoxy) is 2. The van der Waals surface area contributed by atoms with Crippen molar-refractivity contribution < 1.29 is 23.9 Å². The van der Waals surface area contributed by atoms with Crippen LogP contribution in [0, 0.1) is 11.8 Å². The number of amides is 2. The van der Waals surface area contributed by atoms with E-state index in [0.29, 0.717) is 32.5 Å². The van der Waals surface area contributed by atoms with E-state index in [4.69, 9.17) is 9.47 Å². The number of hydrogen-bond acceptors (Lipinski definition) is 5. The predicted molar refractivity (Wildman–Crippen MR) is 109 cm³/mol. The number of hydrogen-bond donors (Lipinski definition) is 0. The first kappa shape index (κ1) is 20.8. The molecule has 0 N–H and O–H groups in total. The maximum atomic E-state index is 13.4. The molecule has 7 nitrogen and oxygen atoms in total. The Morgan fingerprint density at radius 3 is 2.37 bits per heavy atom. The highest BCUT2D eigenvalue weighted by molar-refractivity contribution is 5.93. The maximum Gasteiger partial charge on any atom is 0.314 e. The van der Waals surface area contributed by atoms with Gasteiger partial charge in [-0.2, -0.15) is 0 Å². The standard InChI is InChI=1S/C23H30N2O5/c1-3-30-22(28)18-19(29-2)21(27)25(15-16-7-5-4-6-8-16)23(18)11-13-24(14-12-23)20(26)17-9-10-17/h4-8,17-19H,3,9-15H2,1-2H3/t18-,19+/m0/s1. The molecular weight excluding hydrogens is 384 g/mol. The number of rotatable bonds is 6. The minimum absolute atomic E-state index is 0.164. The van der Waals surface area contributed by atoms with Gasteiger partial charge in [0.15, 0.2) is 6.10 Å². The zero-order chi connectivity index (χ0) is 21.3. The van der Waals surface area contributed by atoms with Crippen molar-refractivity contribution in [2.75, 3.05) is 26.8 Å². The van der Waals surface area contributed by atoms with Crippen LogP contribution in [-0.2, 0) is 30.4 Å². The van der Waals surface area contributed by atoms with Gasteiger partial charge in [-0.25, -0.2) is 0 Å². The molecule has 7 heteroatoms. The fourth-order valence-corrected chi connectivity index (χ4v) is 5.06. The van der Waals surface area contributed by atoms with Gasteiger partial charge in [-0.05, 0) is 38.2 Å². The minimum atomic E-state index is -0.863. The van der Waals surface area contributed by atoms with Crippen LogP contribution in [0.25, 0.3) is 0 Å². The second-order valence-electron chi connectivity index (χ2n) is 8.50. The second-order valence-corrected chi connectivity index (χ2v) is 8.50. The number of carbonyl (C=O) groups is 3. The summed E-state index contributed by atoms with van der Waals surface area (Å²) in [6, 6.07) is 9.77. The summed E-state index contributed by atoms with van der Waals surface area (Å²) in [5.41, 5.74) is 0.293. The first-order valence-electron chi connectivity index (χ1n) is 10.9. The Labute approximate surface area is 177 Å². The molecule has 1 aromatic carbocycles. The number of methoxy groups -OCH3 is 1. The van der Waals surface area contributed by atoms with Gasteiger partial charge in [-0.15, -0.1) is 0 Å². The molecule has 4 rings (SSSR count). The Kier molecular flexibility index (Phi) is 5.82. The summed E-state index contributed by atoms with van der Waals surface area (Å²) in [5, 5.41) is 0. The Morgan fingerprint density at radius 1 is 1.13 bits per heavy atom. The van der Waals surface area contributed by atoms with Crippen LogP contribution in [-0.4, -0.2) is 66.0 Å². The van der Waals surface area contributed by atoms with Gasteiger partial charge >= 0.3 is 5.97 Å². The largest absolute Gasteiger partial charge is 0.466 e. The van der Waals surface area contributed by atoms with Gasteiger partial charge in [0.2, 0.25) is 5.91 Å². The highest BCUT2D eigenvalue weighted by Gasteiger charge is 2.63. The van der Waals surface area contributed by atoms with Crippen LogP contribution in [0.3, 0.4) is 0 Å². The first-order chi connectivity index (χ1) is 14.5. The van der Waals surface area contributed by atoms with E-state index in [0.717, 1.165) is 18.4 Å². The van der Waals surface area contributed by atoms with Crippen LogP contribution in [0.15, 0.2) is 30.3 Å². The monoisotopic (exact) mass is 414 g/mol. The third-order valence-electron chi connectivity index (χ3n) is 6.77. The van der Waals surface area contributed by atoms with Crippen molar-refractivity contribution >= 4 is 17.8 Å². The summed E-state index contributed by atoms with van der Waals surface area (Å²) >= 11 is 0. The molecule has 0 radical (unpaired) electrons. The molecule has 0 unspecified atom stereocenters. The van der Waals surface area contributed by atoms with E-state index < -0.39 is 23.5 Å². The van der Waals surface area contributed by atoms with Gasteiger partial charge in [-0.3, -0.25) is 14.4 Å². The minimum Gasteiger partial charge on any atom is -0.466 e. The quantitative estimate of drug-likeness (QED) is 0.666. The van der Waals surface area contributed by atoms with E-state index in [9.17, 15) is 14.4 Å². The molecule has 2 atom stereocenters. The van der Waals surface area contributed by atoms with Crippen molar-refractivity contribution in [1.82, 2.24) is 9.80 Å². The van der Waals surface area contributed by atoms with Crippen molar-refractivity contribution in [2.24, 2.45) is 11.8 Å². The van der Waals surface area contributed by atoms with E-state index in [1.165, 1.54) is 7.11 Å². The molecule has 1 aliphatic carbocycles. The molecule has 2 aliphatic heterocycles. The highest BCUT2D eigenvalue weighted by Crippen LogP contribution is 2.46. The highest BCUT2D eigenvalue weighted by atomic mass is 16.5. The van der Waals surface area contributed by atoms with E-state index in [2.05, 4.69) is 0 Å². The van der Waals surface area contributed by atoms with Crippen LogP contribution in [0.1, 0.15) is 38.2 Å². The van der Waals surface area contributed by atoms with E-state index >= 15 is 0 Å². The SMILES string of the molecule is CCOC(=O)[C@@H]1[C@@H](OC)C(=O)N(Cc2ccccc2)C12CCN(C(=O)C1CC1)CC2. The average Bonchev–Trinajstić information content (AvgIpc) is 3.58. The molecular formula is C23H30N2O5. The molecule has 3 fully saturated rings. The third-order valence-corrected chi connectivity index (χ3v) is 6.77. The van der Waals surface area contributed by atoms with Crippen molar-refractivity contribution in [2.45, 2.75) is 50.8 Å². The molecule has 2 heterocycles. The summed E-state index contributed by atoms with van der Waals surface area (Å²) in [6.45, 7) is 3.51. The normalized spacial score (nSPS) is 25.6. The third kappa shape index (κ3) is 3.60. The predicted octanol–water partition coefficient (Wildman–Crippen LogP) is 1.99. The topological polar surface area (TPSA) is 76.2 Å². The van der Waals surface area contributed by atoms with Gasteiger partial charge in [0.1, 0.15) is 5.92 Å². The Bertz CT molecular complexity index is 799. The summed E-state index contributed by atoms with van der Waals surface area (Å²) in [6.07, 6.45) is 2.17.